The van der Waals surface area contributed by atoms with E-state index in [0.717, 1.165) is 16.8 Å². The molecule has 0 heterocycles. The van der Waals surface area contributed by atoms with E-state index in [9.17, 15) is 0 Å². The minimum Gasteiger partial charge on any atom is -0.0876 e. The first-order valence-corrected chi connectivity index (χ1v) is 6.67. The quantitative estimate of drug-likeness (QED) is 0.712. The monoisotopic (exact) mass is 294 g/mol. The standard InChI is InChI=1S/C14H12BrCl/c15-10-13-7-2-1-5-11(13)9-12-6-3-4-8-14(12)16/h1-8H,9-10H2. The fourth-order valence-corrected chi connectivity index (χ4v) is 2.46. The van der Waals surface area contributed by atoms with Gasteiger partial charge in [-0.2, -0.15) is 0 Å². The normalized spacial score (nSPS) is 10.4. The highest BCUT2D eigenvalue weighted by molar-refractivity contribution is 9.08. The van der Waals surface area contributed by atoms with Crippen molar-refractivity contribution in [3.05, 3.63) is 70.2 Å². The van der Waals surface area contributed by atoms with Gasteiger partial charge in [-0.1, -0.05) is 70.0 Å². The lowest BCUT2D eigenvalue weighted by molar-refractivity contribution is 1.15. The zero-order chi connectivity index (χ0) is 11.4. The Labute approximate surface area is 109 Å². The van der Waals surface area contributed by atoms with Gasteiger partial charge in [0.1, 0.15) is 0 Å². The first-order chi connectivity index (χ1) is 7.81. The van der Waals surface area contributed by atoms with Crippen LogP contribution in [0, 0.1) is 0 Å². The Balaban J connectivity index is 2.30. The molecule has 0 radical (unpaired) electrons. The summed E-state index contributed by atoms with van der Waals surface area (Å²) in [7, 11) is 0. The molecule has 2 aromatic rings. The fourth-order valence-electron chi connectivity index (χ4n) is 1.71. The molecule has 0 aromatic heterocycles. The van der Waals surface area contributed by atoms with Crippen LogP contribution in [0.15, 0.2) is 48.5 Å². The molecule has 0 nitrogen and oxygen atoms in total. The summed E-state index contributed by atoms with van der Waals surface area (Å²) in [4.78, 5) is 0. The van der Waals surface area contributed by atoms with Gasteiger partial charge < -0.3 is 0 Å². The Morgan fingerprint density at radius 3 is 2.00 bits per heavy atom. The summed E-state index contributed by atoms with van der Waals surface area (Å²) in [5, 5.41) is 1.72. The maximum atomic E-state index is 6.16. The highest BCUT2D eigenvalue weighted by Gasteiger charge is 2.04. The number of hydrogen-bond acceptors (Lipinski definition) is 0. The van der Waals surface area contributed by atoms with Gasteiger partial charge in [0.05, 0.1) is 0 Å². The summed E-state index contributed by atoms with van der Waals surface area (Å²) in [5.41, 5.74) is 3.83. The lowest BCUT2D eigenvalue weighted by atomic mass is 10.0. The SMILES string of the molecule is Clc1ccccc1Cc1ccccc1CBr. The maximum absolute atomic E-state index is 6.16. The summed E-state index contributed by atoms with van der Waals surface area (Å²) < 4.78 is 0. The predicted octanol–water partition coefficient (Wildman–Crippen LogP) is 4.83. The van der Waals surface area contributed by atoms with E-state index < -0.39 is 0 Å². The number of hydrogen-bond donors (Lipinski definition) is 0. The van der Waals surface area contributed by atoms with Crippen LogP contribution in [0.3, 0.4) is 0 Å². The van der Waals surface area contributed by atoms with Crippen molar-refractivity contribution >= 4 is 27.5 Å². The molecule has 0 atom stereocenters. The van der Waals surface area contributed by atoms with Crippen LogP contribution in [0.1, 0.15) is 16.7 Å². The van der Waals surface area contributed by atoms with Crippen LogP contribution in [0.2, 0.25) is 5.02 Å². The Kier molecular flexibility index (Phi) is 4.03. The van der Waals surface area contributed by atoms with E-state index in [1.54, 1.807) is 0 Å². The van der Waals surface area contributed by atoms with Crippen LogP contribution in [0.4, 0.5) is 0 Å². The molecule has 0 saturated carbocycles. The van der Waals surface area contributed by atoms with Crippen LogP contribution < -0.4 is 0 Å². The van der Waals surface area contributed by atoms with E-state index in [-0.39, 0.29) is 0 Å². The first kappa shape index (κ1) is 11.7. The van der Waals surface area contributed by atoms with Crippen molar-refractivity contribution < 1.29 is 0 Å². The summed E-state index contributed by atoms with van der Waals surface area (Å²) in [6, 6.07) is 16.4. The molecule has 2 heteroatoms. The van der Waals surface area contributed by atoms with Gasteiger partial charge in [0.25, 0.3) is 0 Å². The fraction of sp³-hybridized carbons (Fsp3) is 0.143. The van der Waals surface area contributed by atoms with Gasteiger partial charge in [0, 0.05) is 10.4 Å². The Hall–Kier alpha value is -0.790. The predicted molar refractivity (Wildman–Crippen MR) is 73.3 cm³/mol. The van der Waals surface area contributed by atoms with E-state index in [1.165, 1.54) is 16.7 Å². The molecule has 0 N–H and O–H groups in total. The second kappa shape index (κ2) is 5.51. The van der Waals surface area contributed by atoms with Crippen LogP contribution in [-0.2, 0) is 11.8 Å². The topological polar surface area (TPSA) is 0 Å². The van der Waals surface area contributed by atoms with Gasteiger partial charge in [-0.15, -0.1) is 0 Å². The van der Waals surface area contributed by atoms with Gasteiger partial charge in [-0.3, -0.25) is 0 Å². The lowest BCUT2D eigenvalue weighted by Crippen LogP contribution is -1.93. The average molecular weight is 296 g/mol. The number of halogens is 2. The summed E-state index contributed by atoms with van der Waals surface area (Å²) >= 11 is 9.67. The molecule has 0 spiro atoms. The van der Waals surface area contributed by atoms with E-state index in [2.05, 4.69) is 46.3 Å². The summed E-state index contributed by atoms with van der Waals surface area (Å²) in [5.74, 6) is 0. The highest BCUT2D eigenvalue weighted by Crippen LogP contribution is 2.21. The number of alkyl halides is 1. The van der Waals surface area contributed by atoms with E-state index in [1.807, 2.05) is 18.2 Å². The van der Waals surface area contributed by atoms with E-state index in [0.29, 0.717) is 0 Å². The Morgan fingerprint density at radius 2 is 1.38 bits per heavy atom. The molecule has 0 amide bonds. The number of benzene rings is 2. The highest BCUT2D eigenvalue weighted by atomic mass is 79.9. The van der Waals surface area contributed by atoms with Gasteiger partial charge in [-0.25, -0.2) is 0 Å². The molecule has 0 aliphatic heterocycles. The van der Waals surface area contributed by atoms with Crippen LogP contribution in [-0.4, -0.2) is 0 Å². The molecule has 0 saturated heterocycles. The van der Waals surface area contributed by atoms with Gasteiger partial charge in [0.15, 0.2) is 0 Å². The lowest BCUT2D eigenvalue weighted by Gasteiger charge is -2.08. The molecule has 82 valence electrons. The minimum absolute atomic E-state index is 0.840. The van der Waals surface area contributed by atoms with Crippen molar-refractivity contribution in [3.8, 4) is 0 Å². The zero-order valence-corrected chi connectivity index (χ0v) is 11.1. The molecule has 0 bridgehead atoms. The van der Waals surface area contributed by atoms with E-state index in [4.69, 9.17) is 11.6 Å². The second-order valence-corrected chi connectivity index (χ2v) is 4.64. The first-order valence-electron chi connectivity index (χ1n) is 5.17. The van der Waals surface area contributed by atoms with Crippen molar-refractivity contribution in [3.63, 3.8) is 0 Å². The summed E-state index contributed by atoms with van der Waals surface area (Å²) in [6.45, 7) is 0. The third kappa shape index (κ3) is 2.66. The van der Waals surface area contributed by atoms with Crippen molar-refractivity contribution in [2.45, 2.75) is 11.8 Å². The molecule has 2 aromatic carbocycles. The average Bonchev–Trinajstić information content (AvgIpc) is 2.33. The minimum atomic E-state index is 0.840. The van der Waals surface area contributed by atoms with E-state index >= 15 is 0 Å². The second-order valence-electron chi connectivity index (χ2n) is 3.67. The molecule has 0 aliphatic carbocycles. The molecule has 0 aliphatic rings. The van der Waals surface area contributed by atoms with Gasteiger partial charge in [-0.05, 0) is 29.2 Å². The molecular formula is C14H12BrCl. The zero-order valence-electron chi connectivity index (χ0n) is 8.79. The van der Waals surface area contributed by atoms with Crippen molar-refractivity contribution in [1.82, 2.24) is 0 Å². The molecule has 2 rings (SSSR count). The molecule has 0 fully saturated rings. The van der Waals surface area contributed by atoms with Crippen molar-refractivity contribution in [2.75, 3.05) is 0 Å². The summed E-state index contributed by atoms with van der Waals surface area (Å²) in [6.07, 6.45) is 0.890. The van der Waals surface area contributed by atoms with Crippen molar-refractivity contribution in [2.24, 2.45) is 0 Å². The third-order valence-electron chi connectivity index (χ3n) is 2.60. The van der Waals surface area contributed by atoms with Crippen LogP contribution in [0.25, 0.3) is 0 Å². The Bertz CT molecular complexity index is 480. The molecule has 16 heavy (non-hydrogen) atoms. The third-order valence-corrected chi connectivity index (χ3v) is 3.57. The van der Waals surface area contributed by atoms with Crippen molar-refractivity contribution in [1.29, 1.82) is 0 Å². The Morgan fingerprint density at radius 1 is 0.812 bits per heavy atom. The van der Waals surface area contributed by atoms with Gasteiger partial charge in [0.2, 0.25) is 0 Å². The van der Waals surface area contributed by atoms with Crippen LogP contribution in [0.5, 0.6) is 0 Å². The molecule has 0 unspecified atom stereocenters. The smallest absolute Gasteiger partial charge is 0.0441 e. The van der Waals surface area contributed by atoms with Gasteiger partial charge >= 0.3 is 0 Å². The number of rotatable bonds is 3. The van der Waals surface area contributed by atoms with Crippen LogP contribution >= 0.6 is 27.5 Å². The molecular weight excluding hydrogens is 284 g/mol. The maximum Gasteiger partial charge on any atom is 0.0441 e. The largest absolute Gasteiger partial charge is 0.0876 e.